The minimum atomic E-state index is -0.441. The van der Waals surface area contributed by atoms with E-state index in [9.17, 15) is 4.79 Å². The number of nitrogens with zero attached hydrogens (tertiary/aromatic N) is 1. The van der Waals surface area contributed by atoms with Crippen molar-refractivity contribution in [3.05, 3.63) is 42.0 Å². The van der Waals surface area contributed by atoms with Crippen LogP contribution in [0.2, 0.25) is 0 Å². The first-order valence-corrected chi connectivity index (χ1v) is 6.87. The highest BCUT2D eigenvalue weighted by molar-refractivity contribution is 6.01. The fourth-order valence-corrected chi connectivity index (χ4v) is 1.70. The van der Waals surface area contributed by atoms with Crippen LogP contribution in [0.4, 0.5) is 0 Å². The Kier molecular flexibility index (Phi) is 6.71. The molecule has 0 unspecified atom stereocenters. The normalized spacial score (nSPS) is 10.8. The van der Waals surface area contributed by atoms with Crippen molar-refractivity contribution in [1.82, 2.24) is 5.32 Å². The number of methoxy groups -OCH3 is 1. The zero-order valence-corrected chi connectivity index (χ0v) is 13.1. The number of hydrogen-bond acceptors (Lipinski definition) is 4. The molecule has 0 fully saturated rings. The van der Waals surface area contributed by atoms with E-state index >= 15 is 0 Å². The summed E-state index contributed by atoms with van der Waals surface area (Å²) in [6.07, 6.45) is 3.07. The maximum Gasteiger partial charge on any atom is 0.262 e. The van der Waals surface area contributed by atoms with Crippen molar-refractivity contribution < 1.29 is 14.3 Å². The smallest absolute Gasteiger partial charge is 0.262 e. The minimum Gasteiger partial charge on any atom is -0.493 e. The van der Waals surface area contributed by atoms with Gasteiger partial charge in [-0.15, -0.1) is 6.58 Å². The zero-order chi connectivity index (χ0) is 16.5. The molecule has 1 amide bonds. The fourth-order valence-electron chi connectivity index (χ4n) is 1.70. The van der Waals surface area contributed by atoms with Crippen LogP contribution in [0, 0.1) is 11.3 Å². The van der Waals surface area contributed by atoms with Crippen molar-refractivity contribution in [3.63, 3.8) is 0 Å². The van der Waals surface area contributed by atoms with Crippen molar-refractivity contribution in [2.45, 2.75) is 20.0 Å². The van der Waals surface area contributed by atoms with Crippen molar-refractivity contribution >= 4 is 12.0 Å². The monoisotopic (exact) mass is 300 g/mol. The molecule has 1 aromatic carbocycles. The number of ether oxygens (including phenoxy) is 2. The molecule has 0 aliphatic carbocycles. The van der Waals surface area contributed by atoms with E-state index in [0.29, 0.717) is 23.6 Å². The lowest BCUT2D eigenvalue weighted by Gasteiger charge is -2.13. The van der Waals surface area contributed by atoms with Crippen molar-refractivity contribution in [1.29, 1.82) is 5.26 Å². The number of carbonyl (C=O) groups excluding carboxylic acids is 1. The molecule has 0 aliphatic rings. The van der Waals surface area contributed by atoms with Gasteiger partial charge in [0.2, 0.25) is 0 Å². The first kappa shape index (κ1) is 17.3. The first-order chi connectivity index (χ1) is 10.5. The van der Waals surface area contributed by atoms with Crippen LogP contribution in [0.3, 0.4) is 0 Å². The van der Waals surface area contributed by atoms with Crippen molar-refractivity contribution in [2.75, 3.05) is 13.7 Å². The number of nitrogens with one attached hydrogen (secondary N) is 1. The van der Waals surface area contributed by atoms with Crippen LogP contribution in [0.15, 0.2) is 36.4 Å². The Morgan fingerprint density at radius 1 is 1.45 bits per heavy atom. The summed E-state index contributed by atoms with van der Waals surface area (Å²) in [6, 6.07) is 7.12. The standard InChI is InChI=1S/C17H20N2O3/c1-5-8-19-17(20)14(11-18)9-13-6-7-15(22-12(2)3)16(10-13)21-4/h5-7,9-10,12H,1,8H2,2-4H3,(H,19,20)/b14-9+. The molecular weight excluding hydrogens is 280 g/mol. The molecule has 0 spiro atoms. The Morgan fingerprint density at radius 3 is 2.73 bits per heavy atom. The Balaban J connectivity index is 3.05. The van der Waals surface area contributed by atoms with E-state index in [1.165, 1.54) is 13.2 Å². The first-order valence-electron chi connectivity index (χ1n) is 6.87. The molecule has 5 heteroatoms. The van der Waals surface area contributed by atoms with Gasteiger partial charge in [0, 0.05) is 6.54 Å². The Morgan fingerprint density at radius 2 is 2.18 bits per heavy atom. The molecule has 0 atom stereocenters. The van der Waals surface area contributed by atoms with Gasteiger partial charge >= 0.3 is 0 Å². The molecule has 0 radical (unpaired) electrons. The lowest BCUT2D eigenvalue weighted by atomic mass is 10.1. The second-order valence-corrected chi connectivity index (χ2v) is 4.75. The summed E-state index contributed by atoms with van der Waals surface area (Å²) in [5.41, 5.74) is 0.694. The Hall–Kier alpha value is -2.74. The van der Waals surface area contributed by atoms with E-state index in [4.69, 9.17) is 14.7 Å². The van der Waals surface area contributed by atoms with E-state index in [2.05, 4.69) is 11.9 Å². The predicted molar refractivity (Wildman–Crippen MR) is 85.6 cm³/mol. The number of rotatable bonds is 7. The van der Waals surface area contributed by atoms with Crippen LogP contribution in [-0.4, -0.2) is 25.7 Å². The third-order valence-corrected chi connectivity index (χ3v) is 2.63. The van der Waals surface area contributed by atoms with Gasteiger partial charge in [0.1, 0.15) is 11.6 Å². The number of benzene rings is 1. The van der Waals surface area contributed by atoms with Gasteiger partial charge in [-0.3, -0.25) is 4.79 Å². The van der Waals surface area contributed by atoms with Gasteiger partial charge in [-0.05, 0) is 37.6 Å². The highest BCUT2D eigenvalue weighted by Gasteiger charge is 2.10. The maximum absolute atomic E-state index is 11.8. The predicted octanol–water partition coefficient (Wildman–Crippen LogP) is 2.69. The third kappa shape index (κ3) is 4.98. The fraction of sp³-hybridized carbons (Fsp3) is 0.294. The molecule has 22 heavy (non-hydrogen) atoms. The SMILES string of the molecule is C=CCNC(=O)/C(C#N)=C/c1ccc(OC(C)C)c(OC)c1. The van der Waals surface area contributed by atoms with Gasteiger partial charge < -0.3 is 14.8 Å². The molecule has 0 saturated carbocycles. The van der Waals surface area contributed by atoms with Gasteiger partial charge in [-0.2, -0.15) is 5.26 Å². The second-order valence-electron chi connectivity index (χ2n) is 4.75. The minimum absolute atomic E-state index is 0.0152. The van der Waals surface area contributed by atoms with E-state index in [1.807, 2.05) is 19.9 Å². The average Bonchev–Trinajstić information content (AvgIpc) is 2.50. The van der Waals surface area contributed by atoms with E-state index in [1.54, 1.807) is 24.3 Å². The molecule has 0 heterocycles. The van der Waals surface area contributed by atoms with Gasteiger partial charge in [-0.25, -0.2) is 0 Å². The molecule has 0 saturated heterocycles. The summed E-state index contributed by atoms with van der Waals surface area (Å²) in [6.45, 7) is 7.66. The van der Waals surface area contributed by atoms with Gasteiger partial charge in [-0.1, -0.05) is 12.1 Å². The number of amides is 1. The van der Waals surface area contributed by atoms with Crippen LogP contribution >= 0.6 is 0 Å². The summed E-state index contributed by atoms with van der Waals surface area (Å²) in [5.74, 6) is 0.722. The van der Waals surface area contributed by atoms with Crippen molar-refractivity contribution in [2.24, 2.45) is 0 Å². The topological polar surface area (TPSA) is 71.4 Å². The Bertz CT molecular complexity index is 613. The summed E-state index contributed by atoms with van der Waals surface area (Å²) < 4.78 is 10.9. The van der Waals surface area contributed by atoms with Crippen molar-refractivity contribution in [3.8, 4) is 17.6 Å². The van der Waals surface area contributed by atoms with E-state index in [0.717, 1.165) is 0 Å². The average molecular weight is 300 g/mol. The third-order valence-electron chi connectivity index (χ3n) is 2.63. The van der Waals surface area contributed by atoms with Crippen LogP contribution in [0.25, 0.3) is 6.08 Å². The summed E-state index contributed by atoms with van der Waals surface area (Å²) >= 11 is 0. The molecule has 0 aliphatic heterocycles. The molecule has 0 bridgehead atoms. The highest BCUT2D eigenvalue weighted by Crippen LogP contribution is 2.29. The number of carbonyl (C=O) groups is 1. The van der Waals surface area contributed by atoms with Crippen LogP contribution in [0.5, 0.6) is 11.5 Å². The summed E-state index contributed by atoms with van der Waals surface area (Å²) in [5, 5.41) is 11.7. The molecule has 1 N–H and O–H groups in total. The molecule has 1 rings (SSSR count). The lowest BCUT2D eigenvalue weighted by molar-refractivity contribution is -0.116. The molecule has 1 aromatic rings. The quantitative estimate of drug-likeness (QED) is 0.477. The molecule has 116 valence electrons. The maximum atomic E-state index is 11.8. The largest absolute Gasteiger partial charge is 0.493 e. The summed E-state index contributed by atoms with van der Waals surface area (Å²) in [4.78, 5) is 11.8. The van der Waals surface area contributed by atoms with E-state index < -0.39 is 5.91 Å². The van der Waals surface area contributed by atoms with Crippen LogP contribution in [-0.2, 0) is 4.79 Å². The molecule has 0 aromatic heterocycles. The van der Waals surface area contributed by atoms with Gasteiger partial charge in [0.05, 0.1) is 13.2 Å². The molecule has 5 nitrogen and oxygen atoms in total. The van der Waals surface area contributed by atoms with E-state index in [-0.39, 0.29) is 11.7 Å². The highest BCUT2D eigenvalue weighted by atomic mass is 16.5. The second kappa shape index (κ2) is 8.53. The zero-order valence-electron chi connectivity index (χ0n) is 13.1. The van der Waals surface area contributed by atoms with Gasteiger partial charge in [0.15, 0.2) is 11.5 Å². The number of hydrogen-bond donors (Lipinski definition) is 1. The lowest BCUT2D eigenvalue weighted by Crippen LogP contribution is -2.24. The summed E-state index contributed by atoms with van der Waals surface area (Å²) in [7, 11) is 1.54. The Labute approximate surface area is 130 Å². The van der Waals surface area contributed by atoms with Crippen LogP contribution < -0.4 is 14.8 Å². The number of nitriles is 1. The molecular formula is C17H20N2O3. The van der Waals surface area contributed by atoms with Crippen LogP contribution in [0.1, 0.15) is 19.4 Å². The van der Waals surface area contributed by atoms with Gasteiger partial charge in [0.25, 0.3) is 5.91 Å².